The maximum absolute atomic E-state index is 10.6. The Balaban J connectivity index is 1.86. The van der Waals surface area contributed by atoms with Crippen molar-refractivity contribution in [2.24, 2.45) is 0 Å². The number of aliphatic hydroxyl groups excluding tert-OH is 2. The lowest BCUT2D eigenvalue weighted by molar-refractivity contribution is -0.0204. The van der Waals surface area contributed by atoms with E-state index in [9.17, 15) is 10.2 Å². The van der Waals surface area contributed by atoms with Crippen LogP contribution >= 0.6 is 0 Å². The molecule has 1 aliphatic carbocycles. The summed E-state index contributed by atoms with van der Waals surface area (Å²) in [4.78, 5) is 2.28. The van der Waals surface area contributed by atoms with Crippen molar-refractivity contribution in [2.75, 3.05) is 4.90 Å². The standard InChI is InChI=1S/C20H23NO2/c22-19-11-5-10-18(20(19)23)21-16-8-3-1-6-14(16)12-13-15-7-2-4-9-17(15)21/h1-4,6-9,18-20,22-23H,5,10-13H2. The number of para-hydroxylation sites is 2. The number of aliphatic hydroxyl groups is 2. The molecule has 2 N–H and O–H groups in total. The predicted octanol–water partition coefficient (Wildman–Crippen LogP) is 3.20. The molecule has 23 heavy (non-hydrogen) atoms. The minimum absolute atomic E-state index is 0.0702. The zero-order valence-electron chi connectivity index (χ0n) is 13.2. The second kappa shape index (κ2) is 5.99. The van der Waals surface area contributed by atoms with Gasteiger partial charge in [-0.1, -0.05) is 36.4 Å². The minimum Gasteiger partial charge on any atom is -0.390 e. The summed E-state index contributed by atoms with van der Waals surface area (Å²) < 4.78 is 0. The third kappa shape index (κ3) is 2.54. The Morgan fingerprint density at radius 2 is 1.35 bits per heavy atom. The molecule has 0 saturated heterocycles. The van der Waals surface area contributed by atoms with E-state index in [4.69, 9.17) is 0 Å². The van der Waals surface area contributed by atoms with Crippen LogP contribution in [0.15, 0.2) is 48.5 Å². The molecule has 2 aromatic rings. The van der Waals surface area contributed by atoms with E-state index in [0.717, 1.165) is 25.7 Å². The first kappa shape index (κ1) is 14.7. The van der Waals surface area contributed by atoms with Gasteiger partial charge in [-0.05, 0) is 55.4 Å². The molecule has 1 heterocycles. The largest absolute Gasteiger partial charge is 0.390 e. The number of anilines is 2. The molecular weight excluding hydrogens is 286 g/mol. The van der Waals surface area contributed by atoms with Crippen molar-refractivity contribution in [3.63, 3.8) is 0 Å². The Kier molecular flexibility index (Phi) is 3.83. The van der Waals surface area contributed by atoms with Gasteiger partial charge in [-0.3, -0.25) is 0 Å². The monoisotopic (exact) mass is 309 g/mol. The van der Waals surface area contributed by atoms with Crippen LogP contribution in [0, 0.1) is 0 Å². The third-order valence-electron chi connectivity index (χ3n) is 5.29. The van der Waals surface area contributed by atoms with Crippen LogP contribution in [0.2, 0.25) is 0 Å². The molecule has 3 atom stereocenters. The van der Waals surface area contributed by atoms with E-state index < -0.39 is 12.2 Å². The molecule has 0 spiro atoms. The van der Waals surface area contributed by atoms with Crippen molar-refractivity contribution in [3.8, 4) is 0 Å². The smallest absolute Gasteiger partial charge is 0.101 e. The van der Waals surface area contributed by atoms with E-state index in [1.165, 1.54) is 22.5 Å². The normalized spacial score (nSPS) is 27.0. The number of nitrogens with zero attached hydrogens (tertiary/aromatic N) is 1. The molecule has 2 aromatic carbocycles. The van der Waals surface area contributed by atoms with E-state index in [1.54, 1.807) is 0 Å². The fourth-order valence-corrected chi connectivity index (χ4v) is 4.09. The van der Waals surface area contributed by atoms with Gasteiger partial charge in [-0.2, -0.15) is 0 Å². The van der Waals surface area contributed by atoms with E-state index in [1.807, 2.05) is 0 Å². The lowest BCUT2D eigenvalue weighted by Crippen LogP contribution is -2.50. The number of rotatable bonds is 1. The van der Waals surface area contributed by atoms with Crippen LogP contribution in [0.1, 0.15) is 30.4 Å². The van der Waals surface area contributed by atoms with Crippen LogP contribution in [0.4, 0.5) is 11.4 Å². The Morgan fingerprint density at radius 3 is 1.96 bits per heavy atom. The van der Waals surface area contributed by atoms with Crippen molar-refractivity contribution < 1.29 is 10.2 Å². The molecule has 120 valence electrons. The van der Waals surface area contributed by atoms with Gasteiger partial charge in [0.1, 0.15) is 6.10 Å². The highest BCUT2D eigenvalue weighted by atomic mass is 16.3. The van der Waals surface area contributed by atoms with Crippen LogP contribution in [-0.2, 0) is 12.8 Å². The number of hydrogen-bond donors (Lipinski definition) is 2. The Hall–Kier alpha value is -1.84. The number of aryl methyl sites for hydroxylation is 2. The molecule has 3 unspecified atom stereocenters. The van der Waals surface area contributed by atoms with Gasteiger partial charge >= 0.3 is 0 Å². The lowest BCUT2D eigenvalue weighted by Gasteiger charge is -2.41. The van der Waals surface area contributed by atoms with Crippen LogP contribution in [0.25, 0.3) is 0 Å². The van der Waals surface area contributed by atoms with Gasteiger partial charge < -0.3 is 15.1 Å². The van der Waals surface area contributed by atoms with Gasteiger partial charge in [0.15, 0.2) is 0 Å². The van der Waals surface area contributed by atoms with Gasteiger partial charge in [0.05, 0.1) is 12.1 Å². The number of benzene rings is 2. The molecule has 3 nitrogen and oxygen atoms in total. The summed E-state index contributed by atoms with van der Waals surface area (Å²) in [6, 6.07) is 16.9. The zero-order valence-corrected chi connectivity index (χ0v) is 13.2. The minimum atomic E-state index is -0.706. The third-order valence-corrected chi connectivity index (χ3v) is 5.29. The zero-order chi connectivity index (χ0) is 15.8. The molecule has 1 saturated carbocycles. The van der Waals surface area contributed by atoms with Crippen LogP contribution in [0.3, 0.4) is 0 Å². The van der Waals surface area contributed by atoms with Crippen LogP contribution < -0.4 is 4.90 Å². The summed E-state index contributed by atoms with van der Waals surface area (Å²) in [7, 11) is 0. The first-order valence-electron chi connectivity index (χ1n) is 8.57. The summed E-state index contributed by atoms with van der Waals surface area (Å²) in [6.07, 6.45) is 3.23. The number of hydrogen-bond acceptors (Lipinski definition) is 3. The molecule has 1 aliphatic heterocycles. The second-order valence-electron chi connectivity index (χ2n) is 6.68. The molecule has 4 rings (SSSR count). The average Bonchev–Trinajstić information content (AvgIpc) is 2.75. The summed E-state index contributed by atoms with van der Waals surface area (Å²) in [5.41, 5.74) is 4.98. The van der Waals surface area contributed by atoms with Crippen molar-refractivity contribution in [3.05, 3.63) is 59.7 Å². The van der Waals surface area contributed by atoms with Crippen LogP contribution in [0.5, 0.6) is 0 Å². The number of fused-ring (bicyclic) bond motifs is 2. The predicted molar refractivity (Wildman–Crippen MR) is 92.1 cm³/mol. The first-order chi connectivity index (χ1) is 11.3. The van der Waals surface area contributed by atoms with E-state index in [0.29, 0.717) is 6.42 Å². The molecule has 0 aromatic heterocycles. The maximum atomic E-state index is 10.6. The first-order valence-corrected chi connectivity index (χ1v) is 8.57. The Bertz CT molecular complexity index is 652. The van der Waals surface area contributed by atoms with Crippen molar-refractivity contribution in [1.29, 1.82) is 0 Å². The molecule has 3 heteroatoms. The van der Waals surface area contributed by atoms with Crippen molar-refractivity contribution >= 4 is 11.4 Å². The highest BCUT2D eigenvalue weighted by molar-refractivity contribution is 5.72. The lowest BCUT2D eigenvalue weighted by atomic mass is 9.88. The summed E-state index contributed by atoms with van der Waals surface area (Å²) in [5.74, 6) is 0. The summed E-state index contributed by atoms with van der Waals surface area (Å²) >= 11 is 0. The fourth-order valence-electron chi connectivity index (χ4n) is 4.09. The van der Waals surface area contributed by atoms with Gasteiger partial charge in [-0.25, -0.2) is 0 Å². The molecular formula is C20H23NO2. The highest BCUT2D eigenvalue weighted by Gasteiger charge is 2.37. The molecule has 1 fully saturated rings. The molecule has 0 bridgehead atoms. The summed E-state index contributed by atoms with van der Waals surface area (Å²) in [6.45, 7) is 0. The van der Waals surface area contributed by atoms with Gasteiger partial charge in [0.25, 0.3) is 0 Å². The van der Waals surface area contributed by atoms with Gasteiger partial charge in [0.2, 0.25) is 0 Å². The van der Waals surface area contributed by atoms with E-state index >= 15 is 0 Å². The SMILES string of the molecule is OC1CCCC(N2c3ccccc3CCc3ccccc32)C1O. The average molecular weight is 309 g/mol. The van der Waals surface area contributed by atoms with Crippen LogP contribution in [-0.4, -0.2) is 28.5 Å². The Labute approximate surface area is 137 Å². The molecule has 2 aliphatic rings. The molecule has 0 radical (unpaired) electrons. The topological polar surface area (TPSA) is 43.7 Å². The van der Waals surface area contributed by atoms with E-state index in [2.05, 4.69) is 53.4 Å². The quantitative estimate of drug-likeness (QED) is 0.850. The van der Waals surface area contributed by atoms with Gasteiger partial charge in [0, 0.05) is 11.4 Å². The highest BCUT2D eigenvalue weighted by Crippen LogP contribution is 2.40. The Morgan fingerprint density at radius 1 is 0.783 bits per heavy atom. The van der Waals surface area contributed by atoms with Crippen molar-refractivity contribution in [1.82, 2.24) is 0 Å². The molecule has 0 amide bonds. The van der Waals surface area contributed by atoms with Gasteiger partial charge in [-0.15, -0.1) is 0 Å². The maximum Gasteiger partial charge on any atom is 0.101 e. The fraction of sp³-hybridized carbons (Fsp3) is 0.400. The second-order valence-corrected chi connectivity index (χ2v) is 6.68. The van der Waals surface area contributed by atoms with E-state index in [-0.39, 0.29) is 6.04 Å². The summed E-state index contributed by atoms with van der Waals surface area (Å²) in [5, 5.41) is 20.8. The van der Waals surface area contributed by atoms with Crippen molar-refractivity contribution in [2.45, 2.75) is 50.4 Å².